The number of thiophene rings is 1. The summed E-state index contributed by atoms with van der Waals surface area (Å²) in [6.45, 7) is 5.27. The Balaban J connectivity index is 0.00000392. The summed E-state index contributed by atoms with van der Waals surface area (Å²) in [5, 5.41) is 25.9. The molecule has 156 valence electrons. The van der Waals surface area contributed by atoms with Crippen LogP contribution in [0.25, 0.3) is 0 Å². The van der Waals surface area contributed by atoms with Crippen LogP contribution in [0.1, 0.15) is 25.0 Å². The summed E-state index contributed by atoms with van der Waals surface area (Å²) in [5.41, 5.74) is 0.810. The molecular weight excluding hydrogens is 511 g/mol. The van der Waals surface area contributed by atoms with Crippen molar-refractivity contribution in [2.75, 3.05) is 19.6 Å². The Bertz CT molecular complexity index is 851. The molecule has 0 spiro atoms. The van der Waals surface area contributed by atoms with Crippen molar-refractivity contribution in [3.63, 3.8) is 0 Å². The van der Waals surface area contributed by atoms with E-state index in [1.54, 1.807) is 19.1 Å². The zero-order valence-corrected chi connectivity index (χ0v) is 19.8. The van der Waals surface area contributed by atoms with Gasteiger partial charge in [0, 0.05) is 13.1 Å². The molecule has 1 atom stereocenters. The van der Waals surface area contributed by atoms with Crippen LogP contribution in [0.15, 0.2) is 51.0 Å². The number of rotatable bonds is 8. The van der Waals surface area contributed by atoms with E-state index in [-0.39, 0.29) is 35.4 Å². The highest BCUT2D eigenvalue weighted by molar-refractivity contribution is 14.0. The molecule has 0 aliphatic rings. The van der Waals surface area contributed by atoms with E-state index in [1.165, 1.54) is 23.5 Å². The summed E-state index contributed by atoms with van der Waals surface area (Å²) in [4.78, 5) is 4.57. The number of hydrogen-bond donors (Lipinski definition) is 4. The number of nitrogens with one attached hydrogen (secondary N) is 2. The maximum absolute atomic E-state index is 11.3. The van der Waals surface area contributed by atoms with Gasteiger partial charge < -0.3 is 15.7 Å². The SMILES string of the molecule is CCNC(=NCC(C)(O)c1ccsc1)NCCc1ccc(S(N)(=O)=O)cc1.I. The van der Waals surface area contributed by atoms with Crippen LogP contribution in [-0.4, -0.2) is 39.1 Å². The highest BCUT2D eigenvalue weighted by atomic mass is 127. The van der Waals surface area contributed by atoms with Crippen molar-refractivity contribution in [1.29, 1.82) is 0 Å². The highest BCUT2D eigenvalue weighted by Crippen LogP contribution is 2.23. The molecule has 7 nitrogen and oxygen atoms in total. The third-order valence-corrected chi connectivity index (χ3v) is 5.60. The Labute approximate surface area is 187 Å². The molecule has 10 heteroatoms. The summed E-state index contributed by atoms with van der Waals surface area (Å²) in [6.07, 6.45) is 0.691. The van der Waals surface area contributed by atoms with Crippen molar-refractivity contribution in [2.24, 2.45) is 10.1 Å². The average molecular weight is 538 g/mol. The van der Waals surface area contributed by atoms with Gasteiger partial charge in [-0.05, 0) is 60.4 Å². The first-order chi connectivity index (χ1) is 12.7. The fourth-order valence-electron chi connectivity index (χ4n) is 2.41. The third kappa shape index (κ3) is 7.66. The van der Waals surface area contributed by atoms with Gasteiger partial charge in [0.05, 0.1) is 11.4 Å². The molecule has 2 aromatic rings. The maximum Gasteiger partial charge on any atom is 0.238 e. The molecule has 0 fully saturated rings. The summed E-state index contributed by atoms with van der Waals surface area (Å²) < 4.78 is 22.6. The topological polar surface area (TPSA) is 117 Å². The summed E-state index contributed by atoms with van der Waals surface area (Å²) in [6, 6.07) is 8.38. The van der Waals surface area contributed by atoms with Gasteiger partial charge in [0.25, 0.3) is 0 Å². The van der Waals surface area contributed by atoms with Gasteiger partial charge in [-0.2, -0.15) is 11.3 Å². The second-order valence-electron chi connectivity index (χ2n) is 6.35. The lowest BCUT2D eigenvalue weighted by molar-refractivity contribution is 0.0677. The highest BCUT2D eigenvalue weighted by Gasteiger charge is 2.23. The maximum atomic E-state index is 11.3. The van der Waals surface area contributed by atoms with E-state index in [1.807, 2.05) is 23.8 Å². The molecule has 0 saturated heterocycles. The predicted octanol–water partition coefficient (Wildman–Crippen LogP) is 2.02. The van der Waals surface area contributed by atoms with Crippen LogP contribution in [0.4, 0.5) is 0 Å². The van der Waals surface area contributed by atoms with Crippen molar-refractivity contribution >= 4 is 51.3 Å². The number of nitrogens with zero attached hydrogens (tertiary/aromatic N) is 1. The van der Waals surface area contributed by atoms with Crippen LogP contribution in [0.3, 0.4) is 0 Å². The number of sulfonamides is 1. The second kappa shape index (κ2) is 11.1. The summed E-state index contributed by atoms with van der Waals surface area (Å²) in [7, 11) is -3.67. The van der Waals surface area contributed by atoms with Crippen molar-refractivity contribution < 1.29 is 13.5 Å². The van der Waals surface area contributed by atoms with Gasteiger partial charge in [0.1, 0.15) is 5.60 Å². The van der Waals surface area contributed by atoms with Crippen LogP contribution in [0.2, 0.25) is 0 Å². The smallest absolute Gasteiger partial charge is 0.238 e. The molecule has 0 aliphatic heterocycles. The quantitative estimate of drug-likeness (QED) is 0.233. The minimum Gasteiger partial charge on any atom is -0.383 e. The normalized spacial score (nSPS) is 14.1. The zero-order chi connectivity index (χ0) is 19.9. The molecule has 1 aromatic heterocycles. The number of nitrogens with two attached hydrogens (primary N) is 1. The Morgan fingerprint density at radius 2 is 1.93 bits per heavy atom. The first-order valence-electron chi connectivity index (χ1n) is 8.61. The third-order valence-electron chi connectivity index (χ3n) is 3.99. The fraction of sp³-hybridized carbons (Fsp3) is 0.389. The molecular formula is C18H27IN4O3S2. The van der Waals surface area contributed by atoms with E-state index in [4.69, 9.17) is 5.14 Å². The van der Waals surface area contributed by atoms with Crippen molar-refractivity contribution in [1.82, 2.24) is 10.6 Å². The minimum atomic E-state index is -3.67. The molecule has 28 heavy (non-hydrogen) atoms. The zero-order valence-electron chi connectivity index (χ0n) is 15.9. The standard InChI is InChI=1S/C18H26N4O3S2.HI/c1-3-20-17(22-13-18(2,23)15-9-11-26-12-15)21-10-8-14-4-6-16(7-5-14)27(19,24)25;/h4-7,9,11-12,23H,3,8,10,13H2,1-2H3,(H2,19,24,25)(H2,20,21,22);1H. The molecule has 5 N–H and O–H groups in total. The summed E-state index contributed by atoms with van der Waals surface area (Å²) in [5.74, 6) is 0.620. The van der Waals surface area contributed by atoms with E-state index < -0.39 is 15.6 Å². The lowest BCUT2D eigenvalue weighted by atomic mass is 10.00. The number of halogens is 1. The Morgan fingerprint density at radius 3 is 2.46 bits per heavy atom. The summed E-state index contributed by atoms with van der Waals surface area (Å²) >= 11 is 1.54. The molecule has 1 unspecified atom stereocenters. The van der Waals surface area contributed by atoms with Gasteiger partial charge >= 0.3 is 0 Å². The average Bonchev–Trinajstić information content (AvgIpc) is 3.15. The van der Waals surface area contributed by atoms with Crippen LogP contribution in [0.5, 0.6) is 0 Å². The van der Waals surface area contributed by atoms with Gasteiger partial charge in [-0.15, -0.1) is 24.0 Å². The lowest BCUT2D eigenvalue weighted by Crippen LogP contribution is -2.39. The van der Waals surface area contributed by atoms with E-state index in [0.29, 0.717) is 25.5 Å². The van der Waals surface area contributed by atoms with E-state index in [0.717, 1.165) is 11.1 Å². The van der Waals surface area contributed by atoms with Gasteiger partial charge in [-0.3, -0.25) is 0 Å². The van der Waals surface area contributed by atoms with Crippen LogP contribution in [-0.2, 0) is 22.0 Å². The van der Waals surface area contributed by atoms with Gasteiger partial charge in [-0.25, -0.2) is 18.5 Å². The van der Waals surface area contributed by atoms with Gasteiger partial charge in [0.15, 0.2) is 5.96 Å². The molecule has 0 amide bonds. The monoisotopic (exact) mass is 538 g/mol. The van der Waals surface area contributed by atoms with E-state index in [2.05, 4.69) is 15.6 Å². The van der Waals surface area contributed by atoms with Crippen LogP contribution >= 0.6 is 35.3 Å². The number of benzene rings is 1. The Kier molecular flexibility index (Phi) is 9.84. The number of aliphatic imine (C=N–C) groups is 1. The number of aliphatic hydroxyl groups is 1. The molecule has 2 rings (SSSR count). The first kappa shape index (κ1) is 24.8. The van der Waals surface area contributed by atoms with Gasteiger partial charge in [0.2, 0.25) is 10.0 Å². The van der Waals surface area contributed by atoms with Crippen molar-refractivity contribution in [3.05, 3.63) is 52.2 Å². The van der Waals surface area contributed by atoms with E-state index in [9.17, 15) is 13.5 Å². The largest absolute Gasteiger partial charge is 0.383 e. The fourth-order valence-corrected chi connectivity index (χ4v) is 3.71. The number of hydrogen-bond acceptors (Lipinski definition) is 5. The second-order valence-corrected chi connectivity index (χ2v) is 8.69. The molecule has 1 heterocycles. The van der Waals surface area contributed by atoms with Crippen molar-refractivity contribution in [2.45, 2.75) is 30.8 Å². The molecule has 0 radical (unpaired) electrons. The van der Waals surface area contributed by atoms with Crippen molar-refractivity contribution in [3.8, 4) is 0 Å². The predicted molar refractivity (Wildman–Crippen MR) is 125 cm³/mol. The Morgan fingerprint density at radius 1 is 1.25 bits per heavy atom. The Hall–Kier alpha value is -1.21. The molecule has 0 bridgehead atoms. The lowest BCUT2D eigenvalue weighted by Gasteiger charge is -2.21. The first-order valence-corrected chi connectivity index (χ1v) is 11.1. The minimum absolute atomic E-state index is 0. The number of primary sulfonamides is 1. The molecule has 0 saturated carbocycles. The van der Waals surface area contributed by atoms with Crippen LogP contribution in [0, 0.1) is 0 Å². The molecule has 0 aliphatic carbocycles. The molecule has 1 aromatic carbocycles. The van der Waals surface area contributed by atoms with Crippen LogP contribution < -0.4 is 15.8 Å². The number of guanidine groups is 1. The van der Waals surface area contributed by atoms with E-state index >= 15 is 0 Å². The van der Waals surface area contributed by atoms with Gasteiger partial charge in [-0.1, -0.05) is 12.1 Å².